The van der Waals surface area contributed by atoms with Gasteiger partial charge in [-0.2, -0.15) is 0 Å². The molecular formula is C21H14N2O4. The van der Waals surface area contributed by atoms with Crippen LogP contribution in [0.3, 0.4) is 0 Å². The van der Waals surface area contributed by atoms with Gasteiger partial charge >= 0.3 is 0 Å². The number of ketones is 2. The van der Waals surface area contributed by atoms with Crippen LogP contribution in [0.2, 0.25) is 0 Å². The highest BCUT2D eigenvalue weighted by molar-refractivity contribution is 6.52. The Morgan fingerprint density at radius 1 is 0.778 bits per heavy atom. The first kappa shape index (κ1) is 16.5. The normalized spacial score (nSPS) is 13.5. The predicted molar refractivity (Wildman–Crippen MR) is 100 cm³/mol. The summed E-state index contributed by atoms with van der Waals surface area (Å²) in [7, 11) is 0. The molecule has 0 saturated carbocycles. The molecule has 2 aromatic carbocycles. The number of pyridine rings is 1. The number of aromatic hydroxyl groups is 1. The number of hydrogen-bond acceptors (Lipinski definition) is 6. The second-order valence-corrected chi connectivity index (χ2v) is 6.03. The largest absolute Gasteiger partial charge is 0.508 e. The summed E-state index contributed by atoms with van der Waals surface area (Å²) < 4.78 is 0. The number of benzene rings is 2. The number of carbonyl (C=O) groups is 2. The van der Waals surface area contributed by atoms with Gasteiger partial charge in [0.15, 0.2) is 5.76 Å². The average molecular weight is 358 g/mol. The molecule has 132 valence electrons. The second-order valence-electron chi connectivity index (χ2n) is 6.03. The summed E-state index contributed by atoms with van der Waals surface area (Å²) in [4.78, 5) is 28.4. The summed E-state index contributed by atoms with van der Waals surface area (Å²) in [5, 5.41) is 22.6. The number of anilines is 1. The minimum absolute atomic E-state index is 0.0479. The molecule has 0 unspecified atom stereocenters. The number of phenolic OH excluding ortho intramolecular Hbond substituents is 1. The van der Waals surface area contributed by atoms with E-state index in [-0.39, 0.29) is 28.5 Å². The molecule has 1 aromatic heterocycles. The minimum Gasteiger partial charge on any atom is -0.508 e. The highest BCUT2D eigenvalue weighted by atomic mass is 16.3. The fourth-order valence-electron chi connectivity index (χ4n) is 2.90. The number of hydrogen-bond donors (Lipinski definition) is 3. The van der Waals surface area contributed by atoms with Crippen LogP contribution in [0.5, 0.6) is 5.75 Å². The lowest BCUT2D eigenvalue weighted by molar-refractivity contribution is -0.111. The quantitative estimate of drug-likeness (QED) is 0.619. The van der Waals surface area contributed by atoms with Gasteiger partial charge in [-0.25, -0.2) is 0 Å². The molecule has 3 N–H and O–H groups in total. The molecular weight excluding hydrogens is 344 g/mol. The molecule has 0 saturated heterocycles. The highest BCUT2D eigenvalue weighted by Crippen LogP contribution is 2.28. The maximum atomic E-state index is 12.3. The van der Waals surface area contributed by atoms with E-state index in [0.29, 0.717) is 5.69 Å². The zero-order valence-electron chi connectivity index (χ0n) is 14.0. The van der Waals surface area contributed by atoms with E-state index in [4.69, 9.17) is 0 Å². The Hall–Kier alpha value is -3.93. The third kappa shape index (κ3) is 2.93. The van der Waals surface area contributed by atoms with Gasteiger partial charge in [0.25, 0.3) is 11.6 Å². The van der Waals surface area contributed by atoms with Crippen LogP contribution in [0.15, 0.2) is 72.6 Å². The molecule has 1 aliphatic carbocycles. The van der Waals surface area contributed by atoms with Crippen molar-refractivity contribution in [2.24, 2.45) is 0 Å². The fourth-order valence-corrected chi connectivity index (χ4v) is 2.90. The molecule has 3 aromatic rings. The molecule has 4 rings (SSSR count). The smallest absolute Gasteiger partial charge is 0.255 e. The molecule has 0 amide bonds. The lowest BCUT2D eigenvalue weighted by Crippen LogP contribution is -2.28. The van der Waals surface area contributed by atoms with Gasteiger partial charge < -0.3 is 15.5 Å². The zero-order chi connectivity index (χ0) is 19.0. The van der Waals surface area contributed by atoms with Crippen LogP contribution in [-0.4, -0.2) is 26.8 Å². The first-order valence-electron chi connectivity index (χ1n) is 8.19. The topological polar surface area (TPSA) is 99.5 Å². The van der Waals surface area contributed by atoms with E-state index in [2.05, 4.69) is 10.3 Å². The molecule has 6 heteroatoms. The van der Waals surface area contributed by atoms with E-state index >= 15 is 0 Å². The molecule has 0 spiro atoms. The van der Waals surface area contributed by atoms with Crippen molar-refractivity contribution in [1.29, 1.82) is 0 Å². The summed E-state index contributed by atoms with van der Waals surface area (Å²) in [6.45, 7) is 0. The summed E-state index contributed by atoms with van der Waals surface area (Å²) in [6, 6.07) is 17.0. The Labute approximate surface area is 154 Å². The molecule has 6 nitrogen and oxygen atoms in total. The Balaban J connectivity index is 1.65. The molecule has 0 atom stereocenters. The molecule has 0 aliphatic heterocycles. The van der Waals surface area contributed by atoms with E-state index in [1.807, 2.05) is 12.1 Å². The number of allylic oxidation sites excluding steroid dienone is 1. The zero-order valence-corrected chi connectivity index (χ0v) is 14.0. The van der Waals surface area contributed by atoms with Gasteiger partial charge in [-0.05, 0) is 47.5 Å². The molecule has 0 radical (unpaired) electrons. The van der Waals surface area contributed by atoms with E-state index in [1.54, 1.807) is 42.5 Å². The van der Waals surface area contributed by atoms with Crippen LogP contribution < -0.4 is 5.32 Å². The number of fused-ring (bicyclic) bond motifs is 1. The number of Topliss-reactive ketones (excluding diaryl/α,β-unsaturated/α-hetero) is 2. The number of aromatic nitrogens is 1. The number of aliphatic hydroxyl groups excluding tert-OH is 1. The maximum Gasteiger partial charge on any atom is 0.255 e. The van der Waals surface area contributed by atoms with Crippen molar-refractivity contribution < 1.29 is 19.8 Å². The van der Waals surface area contributed by atoms with Crippen LogP contribution in [0, 0.1) is 0 Å². The Morgan fingerprint density at radius 2 is 1.41 bits per heavy atom. The first-order valence-corrected chi connectivity index (χ1v) is 8.19. The van der Waals surface area contributed by atoms with E-state index in [9.17, 15) is 19.8 Å². The van der Waals surface area contributed by atoms with E-state index in [1.165, 1.54) is 12.3 Å². The maximum absolute atomic E-state index is 12.3. The molecule has 1 aliphatic rings. The molecule has 0 fully saturated rings. The SMILES string of the molecule is O=C1C(=O)c2ncccc2C(O)=C1Nc1ccc(-c2ccc(O)cc2)cc1. The second kappa shape index (κ2) is 6.42. The van der Waals surface area contributed by atoms with Gasteiger partial charge in [-0.1, -0.05) is 24.3 Å². The minimum atomic E-state index is -0.832. The number of carbonyl (C=O) groups excluding carboxylic acids is 2. The van der Waals surface area contributed by atoms with Crippen molar-refractivity contribution in [3.05, 3.63) is 83.8 Å². The van der Waals surface area contributed by atoms with Crippen LogP contribution in [0.4, 0.5) is 5.69 Å². The van der Waals surface area contributed by atoms with Crippen molar-refractivity contribution in [2.45, 2.75) is 0 Å². The number of rotatable bonds is 3. The number of phenols is 1. The number of aliphatic hydroxyl groups is 1. The van der Waals surface area contributed by atoms with Gasteiger partial charge in [0, 0.05) is 17.4 Å². The van der Waals surface area contributed by atoms with Gasteiger partial charge in [0.05, 0.1) is 0 Å². The summed E-state index contributed by atoms with van der Waals surface area (Å²) in [6.07, 6.45) is 1.40. The molecule has 0 bridgehead atoms. The van der Waals surface area contributed by atoms with E-state index < -0.39 is 11.6 Å². The van der Waals surface area contributed by atoms with E-state index in [0.717, 1.165) is 11.1 Å². The average Bonchev–Trinajstić information content (AvgIpc) is 2.71. The van der Waals surface area contributed by atoms with Crippen molar-refractivity contribution >= 4 is 23.0 Å². The van der Waals surface area contributed by atoms with Crippen LogP contribution >= 0.6 is 0 Å². The lowest BCUT2D eigenvalue weighted by Gasteiger charge is -2.18. The van der Waals surface area contributed by atoms with Crippen molar-refractivity contribution in [1.82, 2.24) is 4.98 Å². The van der Waals surface area contributed by atoms with Crippen LogP contribution in [0.25, 0.3) is 16.9 Å². The third-order valence-corrected chi connectivity index (χ3v) is 4.30. The first-order chi connectivity index (χ1) is 13.0. The van der Waals surface area contributed by atoms with Crippen LogP contribution in [-0.2, 0) is 4.79 Å². The highest BCUT2D eigenvalue weighted by Gasteiger charge is 2.34. The van der Waals surface area contributed by atoms with Crippen molar-refractivity contribution in [3.63, 3.8) is 0 Å². The third-order valence-electron chi connectivity index (χ3n) is 4.30. The summed E-state index contributed by atoms with van der Waals surface area (Å²) in [5.74, 6) is -1.70. The Bertz CT molecular complexity index is 1080. The predicted octanol–water partition coefficient (Wildman–Crippen LogP) is 3.56. The van der Waals surface area contributed by atoms with Gasteiger partial charge in [0.2, 0.25) is 0 Å². The summed E-state index contributed by atoms with van der Waals surface area (Å²) in [5.41, 5.74) is 2.40. The van der Waals surface area contributed by atoms with Crippen molar-refractivity contribution in [2.75, 3.05) is 5.32 Å². The Kier molecular flexibility index (Phi) is 3.93. The van der Waals surface area contributed by atoms with Gasteiger partial charge in [0.1, 0.15) is 17.1 Å². The Morgan fingerprint density at radius 3 is 2.07 bits per heavy atom. The molecule has 1 heterocycles. The summed E-state index contributed by atoms with van der Waals surface area (Å²) >= 11 is 0. The number of nitrogens with zero attached hydrogens (tertiary/aromatic N) is 1. The number of nitrogens with one attached hydrogen (secondary N) is 1. The standard InChI is InChI=1S/C21H14N2O4/c24-15-9-5-13(6-10-15)12-3-7-14(8-4-12)23-18-19(25)16-2-1-11-22-17(16)20(26)21(18)27/h1-11,23-25H. The van der Waals surface area contributed by atoms with Crippen molar-refractivity contribution in [3.8, 4) is 16.9 Å². The van der Waals surface area contributed by atoms with Gasteiger partial charge in [-0.3, -0.25) is 14.6 Å². The monoisotopic (exact) mass is 358 g/mol. The lowest BCUT2D eigenvalue weighted by atomic mass is 9.96. The fraction of sp³-hybridized carbons (Fsp3) is 0. The molecule has 27 heavy (non-hydrogen) atoms. The van der Waals surface area contributed by atoms with Gasteiger partial charge in [-0.15, -0.1) is 0 Å². The van der Waals surface area contributed by atoms with Crippen LogP contribution in [0.1, 0.15) is 16.1 Å².